The van der Waals surface area contributed by atoms with E-state index >= 15 is 0 Å². The molecule has 35 heavy (non-hydrogen) atoms. The lowest BCUT2D eigenvalue weighted by Crippen LogP contribution is -2.05. The van der Waals surface area contributed by atoms with Gasteiger partial charge in [0.25, 0.3) is 0 Å². The first-order valence-electron chi connectivity index (χ1n) is 12.2. The quantitative estimate of drug-likeness (QED) is 0.245. The molecule has 0 fully saturated rings. The van der Waals surface area contributed by atoms with Gasteiger partial charge in [-0.1, -0.05) is 62.4 Å². The highest BCUT2D eigenvalue weighted by atomic mass is 16.4. The molecule has 0 saturated carbocycles. The van der Waals surface area contributed by atoms with Gasteiger partial charge in [-0.2, -0.15) is 0 Å². The third kappa shape index (κ3) is 6.18. The van der Waals surface area contributed by atoms with Crippen molar-refractivity contribution in [3.05, 3.63) is 101 Å². The van der Waals surface area contributed by atoms with Crippen molar-refractivity contribution in [2.45, 2.75) is 46.2 Å². The van der Waals surface area contributed by atoms with Gasteiger partial charge in [-0.05, 0) is 54.2 Å². The minimum atomic E-state index is -0.810. The van der Waals surface area contributed by atoms with Gasteiger partial charge >= 0.3 is 5.97 Å². The van der Waals surface area contributed by atoms with Crippen LogP contribution in [0.15, 0.2) is 79.0 Å². The lowest BCUT2D eigenvalue weighted by molar-refractivity contribution is -0.137. The minimum Gasteiger partial charge on any atom is -0.481 e. The smallest absolute Gasteiger partial charge is 0.303 e. The highest BCUT2D eigenvalue weighted by Gasteiger charge is 2.17. The maximum atomic E-state index is 13.5. The number of aromatic nitrogens is 1. The fourth-order valence-corrected chi connectivity index (χ4v) is 4.43. The molecule has 0 saturated heterocycles. The number of aliphatic carboxylic acids is 1. The Bertz CT molecular complexity index is 1320. The van der Waals surface area contributed by atoms with Crippen LogP contribution in [0.3, 0.4) is 0 Å². The summed E-state index contributed by atoms with van der Waals surface area (Å²) in [6.45, 7) is 5.62. The average molecular weight is 469 g/mol. The Kier molecular flexibility index (Phi) is 7.66. The first-order valence-corrected chi connectivity index (χ1v) is 12.2. The number of nitrogens with zero attached hydrogens (tertiary/aromatic N) is 1. The van der Waals surface area contributed by atoms with Crippen LogP contribution in [-0.4, -0.2) is 21.4 Å². The molecule has 0 aliphatic carbocycles. The summed E-state index contributed by atoms with van der Waals surface area (Å²) in [7, 11) is 0. The molecule has 1 aromatic heterocycles. The van der Waals surface area contributed by atoms with E-state index in [2.05, 4.69) is 43.4 Å². The van der Waals surface area contributed by atoms with Crippen molar-refractivity contribution in [3.8, 4) is 0 Å². The number of carbonyl (C=O) groups excluding carboxylic acids is 1. The largest absolute Gasteiger partial charge is 0.481 e. The molecule has 3 aromatic carbocycles. The van der Waals surface area contributed by atoms with Gasteiger partial charge in [0, 0.05) is 53.4 Å². The number of aryl methyl sites for hydroxylation is 1. The summed E-state index contributed by atoms with van der Waals surface area (Å²) in [5.41, 5.74) is 5.65. The molecule has 0 aliphatic heterocycles. The second-order valence-electron chi connectivity index (χ2n) is 9.43. The van der Waals surface area contributed by atoms with E-state index in [9.17, 15) is 9.59 Å². The number of fused-ring (bicyclic) bond motifs is 1. The molecule has 0 spiro atoms. The Morgan fingerprint density at radius 2 is 1.71 bits per heavy atom. The van der Waals surface area contributed by atoms with E-state index in [4.69, 9.17) is 5.11 Å². The number of nitrogens with one attached hydrogen (secondary N) is 1. The highest BCUT2D eigenvalue weighted by molar-refractivity contribution is 6.16. The van der Waals surface area contributed by atoms with Crippen molar-refractivity contribution in [3.63, 3.8) is 0 Å². The molecule has 5 heteroatoms. The molecule has 0 amide bonds. The number of benzene rings is 3. The van der Waals surface area contributed by atoms with Crippen LogP contribution in [-0.2, 0) is 24.3 Å². The van der Waals surface area contributed by atoms with Gasteiger partial charge in [0.05, 0.1) is 0 Å². The fourth-order valence-electron chi connectivity index (χ4n) is 4.43. The molecular weight excluding hydrogens is 436 g/mol. The summed E-state index contributed by atoms with van der Waals surface area (Å²) < 4.78 is 1.99. The molecule has 0 unspecified atom stereocenters. The van der Waals surface area contributed by atoms with E-state index in [1.807, 2.05) is 59.3 Å². The maximum absolute atomic E-state index is 13.5. The van der Waals surface area contributed by atoms with Crippen LogP contribution in [0.4, 0.5) is 5.69 Å². The zero-order valence-corrected chi connectivity index (χ0v) is 20.3. The topological polar surface area (TPSA) is 71.3 Å². The predicted molar refractivity (Wildman–Crippen MR) is 141 cm³/mol. The molecule has 0 aliphatic rings. The number of carboxylic acids is 1. The number of hydrogen-bond donors (Lipinski definition) is 2. The molecule has 4 rings (SSSR count). The zero-order chi connectivity index (χ0) is 24.8. The van der Waals surface area contributed by atoms with Gasteiger partial charge in [-0.15, -0.1) is 0 Å². The van der Waals surface area contributed by atoms with Crippen LogP contribution in [0, 0.1) is 5.92 Å². The Morgan fingerprint density at radius 3 is 2.46 bits per heavy atom. The van der Waals surface area contributed by atoms with Crippen molar-refractivity contribution < 1.29 is 14.7 Å². The van der Waals surface area contributed by atoms with Crippen LogP contribution >= 0.6 is 0 Å². The predicted octanol–water partition coefficient (Wildman–Crippen LogP) is 6.55. The van der Waals surface area contributed by atoms with Crippen LogP contribution in [0.1, 0.15) is 53.7 Å². The van der Waals surface area contributed by atoms with Crippen LogP contribution in [0.25, 0.3) is 10.9 Å². The molecule has 2 N–H and O–H groups in total. The van der Waals surface area contributed by atoms with E-state index < -0.39 is 5.97 Å². The monoisotopic (exact) mass is 468 g/mol. The molecule has 0 radical (unpaired) electrons. The van der Waals surface area contributed by atoms with Gasteiger partial charge in [0.15, 0.2) is 5.78 Å². The Balaban J connectivity index is 1.49. The molecule has 0 atom stereocenters. The summed E-state index contributed by atoms with van der Waals surface area (Å²) in [6, 6.07) is 24.0. The average Bonchev–Trinajstić information content (AvgIpc) is 3.21. The fraction of sp³-hybridized carbons (Fsp3) is 0.267. The van der Waals surface area contributed by atoms with Crippen LogP contribution in [0.2, 0.25) is 0 Å². The first-order chi connectivity index (χ1) is 16.9. The standard InChI is InChI=1S/C30H32N2O3/c1-21(2)17-22-12-14-25(15-13-22)31-19-23-7-5-8-24(18-23)30(35)27-20-32(16-6-11-29(33)34)28-10-4-3-9-26(27)28/h3-5,7-10,12-15,18,20-21,31H,6,11,16-17,19H2,1-2H3,(H,33,34). The lowest BCUT2D eigenvalue weighted by Gasteiger charge is -2.10. The SMILES string of the molecule is CC(C)Cc1ccc(NCc2cccc(C(=O)c3cn(CCCC(=O)O)c4ccccc34)c2)cc1. The van der Waals surface area contributed by atoms with Crippen molar-refractivity contribution in [2.75, 3.05) is 5.32 Å². The number of ketones is 1. The summed E-state index contributed by atoms with van der Waals surface area (Å²) in [4.78, 5) is 24.4. The number of carboxylic acid groups (broad SMARTS) is 1. The number of hydrogen-bond acceptors (Lipinski definition) is 3. The molecule has 5 nitrogen and oxygen atoms in total. The summed E-state index contributed by atoms with van der Waals surface area (Å²) >= 11 is 0. The van der Waals surface area contributed by atoms with E-state index in [0.717, 1.165) is 28.6 Å². The summed E-state index contributed by atoms with van der Waals surface area (Å²) in [6.07, 6.45) is 3.55. The van der Waals surface area contributed by atoms with Crippen molar-refractivity contribution in [2.24, 2.45) is 5.92 Å². The third-order valence-corrected chi connectivity index (χ3v) is 6.11. The number of anilines is 1. The van der Waals surface area contributed by atoms with Gasteiger partial charge in [0.1, 0.15) is 0 Å². The molecule has 180 valence electrons. The number of rotatable bonds is 11. The lowest BCUT2D eigenvalue weighted by atomic mass is 10.0. The normalized spacial score (nSPS) is 11.2. The van der Waals surface area contributed by atoms with Gasteiger partial charge < -0.3 is 15.0 Å². The highest BCUT2D eigenvalue weighted by Crippen LogP contribution is 2.25. The van der Waals surface area contributed by atoms with Gasteiger partial charge in [0.2, 0.25) is 0 Å². The molecule has 4 aromatic rings. The summed E-state index contributed by atoms with van der Waals surface area (Å²) in [5.74, 6) is -0.208. The minimum absolute atomic E-state index is 0.0296. The van der Waals surface area contributed by atoms with Crippen molar-refractivity contribution in [1.82, 2.24) is 4.57 Å². The Labute approximate surface area is 206 Å². The van der Waals surface area contributed by atoms with E-state index in [1.54, 1.807) is 0 Å². The molecule has 0 bridgehead atoms. The van der Waals surface area contributed by atoms with Crippen molar-refractivity contribution in [1.29, 1.82) is 0 Å². The summed E-state index contributed by atoms with van der Waals surface area (Å²) in [5, 5.41) is 13.3. The Hall–Kier alpha value is -3.86. The molecule has 1 heterocycles. The third-order valence-electron chi connectivity index (χ3n) is 6.11. The van der Waals surface area contributed by atoms with E-state index in [-0.39, 0.29) is 12.2 Å². The van der Waals surface area contributed by atoms with Gasteiger partial charge in [-0.3, -0.25) is 9.59 Å². The van der Waals surface area contributed by atoms with Crippen LogP contribution in [0.5, 0.6) is 0 Å². The Morgan fingerprint density at radius 1 is 0.943 bits per heavy atom. The maximum Gasteiger partial charge on any atom is 0.303 e. The second-order valence-corrected chi connectivity index (χ2v) is 9.43. The van der Waals surface area contributed by atoms with E-state index in [1.165, 1.54) is 5.56 Å². The van der Waals surface area contributed by atoms with Crippen molar-refractivity contribution >= 4 is 28.3 Å². The zero-order valence-electron chi connectivity index (χ0n) is 20.3. The number of para-hydroxylation sites is 1. The first kappa shape index (κ1) is 24.3. The molecular formula is C30H32N2O3. The van der Waals surface area contributed by atoms with E-state index in [0.29, 0.717) is 36.6 Å². The van der Waals surface area contributed by atoms with Crippen LogP contribution < -0.4 is 5.32 Å². The number of carbonyl (C=O) groups is 2. The van der Waals surface area contributed by atoms with Gasteiger partial charge in [-0.25, -0.2) is 0 Å². The second kappa shape index (κ2) is 11.0.